The molecule has 0 spiro atoms. The maximum Gasteiger partial charge on any atom is 0.275 e. The molecule has 2 aromatic carbocycles. The number of nitrogens with one attached hydrogen (secondary N) is 2. The van der Waals surface area contributed by atoms with Crippen LogP contribution in [0.25, 0.3) is 10.8 Å². The molecule has 3 aromatic rings. The summed E-state index contributed by atoms with van der Waals surface area (Å²) in [6, 6.07) is 13.3. The molecule has 0 saturated heterocycles. The lowest BCUT2D eigenvalue weighted by Gasteiger charge is -2.16. The molecule has 0 aliphatic heterocycles. The topological polar surface area (TPSA) is 102 Å². The summed E-state index contributed by atoms with van der Waals surface area (Å²) in [5.74, 6) is -0.0981. The van der Waals surface area contributed by atoms with Crippen LogP contribution >= 0.6 is 0 Å². The van der Waals surface area contributed by atoms with Gasteiger partial charge < -0.3 is 4.74 Å². The summed E-state index contributed by atoms with van der Waals surface area (Å²) in [6.07, 6.45) is -0.903. The lowest BCUT2D eigenvalue weighted by atomic mass is 10.1. The molecule has 1 atom stereocenters. The fourth-order valence-electron chi connectivity index (χ4n) is 2.91. The Kier molecular flexibility index (Phi) is 5.39. The standard InChI is InChI=1S/C19H22N4O4S/c1-12-18(13(2)23(4)21-12)28(25,26)22-20-19(24)14(3)27-17-10-9-15-7-5-6-8-16(15)11-17/h5-11,14,22H,1-4H3,(H,20,24)/t14-/m0/s1. The Balaban J connectivity index is 1.66. The first-order valence-electron chi connectivity index (χ1n) is 8.66. The van der Waals surface area contributed by atoms with Gasteiger partial charge in [-0.2, -0.15) is 5.10 Å². The van der Waals surface area contributed by atoms with Gasteiger partial charge in [-0.1, -0.05) is 30.3 Å². The molecule has 0 unspecified atom stereocenters. The highest BCUT2D eigenvalue weighted by Crippen LogP contribution is 2.21. The van der Waals surface area contributed by atoms with Crippen LogP contribution in [0.3, 0.4) is 0 Å². The second-order valence-corrected chi connectivity index (χ2v) is 8.11. The number of aromatic nitrogens is 2. The minimum atomic E-state index is -3.95. The number of ether oxygens (including phenoxy) is 1. The van der Waals surface area contributed by atoms with Crippen LogP contribution in [0.2, 0.25) is 0 Å². The number of rotatable bonds is 6. The maximum atomic E-state index is 12.5. The maximum absolute atomic E-state index is 12.5. The molecule has 0 aliphatic carbocycles. The zero-order valence-corrected chi connectivity index (χ0v) is 16.9. The van der Waals surface area contributed by atoms with Gasteiger partial charge in [-0.05, 0) is 43.7 Å². The van der Waals surface area contributed by atoms with Crippen LogP contribution in [0, 0.1) is 13.8 Å². The molecule has 1 heterocycles. The van der Waals surface area contributed by atoms with Gasteiger partial charge in [-0.3, -0.25) is 14.9 Å². The molecule has 0 saturated carbocycles. The minimum Gasteiger partial charge on any atom is -0.481 e. The summed E-state index contributed by atoms with van der Waals surface area (Å²) in [5.41, 5.74) is 3.02. The third-order valence-electron chi connectivity index (χ3n) is 4.42. The van der Waals surface area contributed by atoms with Crippen molar-refractivity contribution in [2.75, 3.05) is 0 Å². The van der Waals surface area contributed by atoms with Crippen molar-refractivity contribution in [2.24, 2.45) is 7.05 Å². The predicted molar refractivity (Wildman–Crippen MR) is 105 cm³/mol. The van der Waals surface area contributed by atoms with E-state index in [-0.39, 0.29) is 4.90 Å². The van der Waals surface area contributed by atoms with E-state index in [4.69, 9.17) is 4.74 Å². The van der Waals surface area contributed by atoms with Gasteiger partial charge in [0.15, 0.2) is 6.10 Å². The number of amides is 1. The molecule has 2 N–H and O–H groups in total. The Labute approximate surface area is 163 Å². The normalized spacial score (nSPS) is 12.7. The fourth-order valence-corrected chi connectivity index (χ4v) is 4.20. The first kappa shape index (κ1) is 19.8. The average Bonchev–Trinajstić information content (AvgIpc) is 2.92. The monoisotopic (exact) mass is 402 g/mol. The summed E-state index contributed by atoms with van der Waals surface area (Å²) in [7, 11) is -2.30. The van der Waals surface area contributed by atoms with Crippen LogP contribution in [0.5, 0.6) is 5.75 Å². The number of hydrogen-bond acceptors (Lipinski definition) is 5. The van der Waals surface area contributed by atoms with Gasteiger partial charge in [-0.25, -0.2) is 8.42 Å². The highest BCUT2D eigenvalue weighted by Gasteiger charge is 2.25. The third-order valence-corrected chi connectivity index (χ3v) is 5.92. The Morgan fingerprint density at radius 1 is 1.14 bits per heavy atom. The van der Waals surface area contributed by atoms with E-state index >= 15 is 0 Å². The van der Waals surface area contributed by atoms with E-state index in [9.17, 15) is 13.2 Å². The second-order valence-electron chi connectivity index (χ2n) is 6.49. The van der Waals surface area contributed by atoms with Gasteiger partial charge in [-0.15, -0.1) is 4.83 Å². The van der Waals surface area contributed by atoms with Gasteiger partial charge in [0.1, 0.15) is 10.6 Å². The van der Waals surface area contributed by atoms with Crippen LogP contribution in [-0.2, 0) is 21.9 Å². The summed E-state index contributed by atoms with van der Waals surface area (Å²) in [4.78, 5) is 14.4. The average molecular weight is 402 g/mol. The first-order chi connectivity index (χ1) is 13.2. The van der Waals surface area contributed by atoms with E-state index < -0.39 is 22.0 Å². The van der Waals surface area contributed by atoms with E-state index in [0.29, 0.717) is 17.1 Å². The van der Waals surface area contributed by atoms with Crippen LogP contribution in [-0.4, -0.2) is 30.2 Å². The van der Waals surface area contributed by atoms with E-state index in [2.05, 4.69) is 15.4 Å². The highest BCUT2D eigenvalue weighted by atomic mass is 32.2. The molecule has 3 rings (SSSR count). The van der Waals surface area contributed by atoms with Crippen LogP contribution in [0.15, 0.2) is 47.4 Å². The van der Waals surface area contributed by atoms with Crippen molar-refractivity contribution in [2.45, 2.75) is 31.8 Å². The molecule has 0 bridgehead atoms. The molecule has 8 nitrogen and oxygen atoms in total. The molecule has 0 radical (unpaired) electrons. The molecular weight excluding hydrogens is 380 g/mol. The number of hydrogen-bond donors (Lipinski definition) is 2. The second kappa shape index (κ2) is 7.61. The Morgan fingerprint density at radius 3 is 2.46 bits per heavy atom. The lowest BCUT2D eigenvalue weighted by Crippen LogP contribution is -2.47. The number of fused-ring (bicyclic) bond motifs is 1. The van der Waals surface area contributed by atoms with Crippen molar-refractivity contribution >= 4 is 26.7 Å². The number of carbonyl (C=O) groups excluding carboxylic acids is 1. The Morgan fingerprint density at radius 2 is 1.82 bits per heavy atom. The summed E-state index contributed by atoms with van der Waals surface area (Å²) < 4.78 is 32.1. The van der Waals surface area contributed by atoms with Gasteiger partial charge >= 0.3 is 0 Å². The molecule has 148 valence electrons. The quantitative estimate of drug-likeness (QED) is 0.614. The van der Waals surface area contributed by atoms with Gasteiger partial charge in [0.2, 0.25) is 0 Å². The van der Waals surface area contributed by atoms with E-state index in [1.165, 1.54) is 4.68 Å². The molecule has 9 heteroatoms. The van der Waals surface area contributed by atoms with Crippen molar-refractivity contribution in [3.05, 3.63) is 53.9 Å². The van der Waals surface area contributed by atoms with Crippen LogP contribution < -0.4 is 15.0 Å². The minimum absolute atomic E-state index is 0.0402. The number of carbonyl (C=O) groups is 1. The van der Waals surface area contributed by atoms with Gasteiger partial charge in [0, 0.05) is 7.05 Å². The number of benzene rings is 2. The van der Waals surface area contributed by atoms with Crippen molar-refractivity contribution in [1.82, 2.24) is 20.0 Å². The fraction of sp³-hybridized carbons (Fsp3) is 0.263. The van der Waals surface area contributed by atoms with Crippen molar-refractivity contribution < 1.29 is 17.9 Å². The highest BCUT2D eigenvalue weighted by molar-refractivity contribution is 7.89. The number of aryl methyl sites for hydroxylation is 2. The predicted octanol–water partition coefficient (Wildman–Crippen LogP) is 1.97. The molecule has 28 heavy (non-hydrogen) atoms. The molecule has 1 aromatic heterocycles. The number of sulfonamides is 1. The zero-order valence-electron chi connectivity index (χ0n) is 16.1. The van der Waals surface area contributed by atoms with Crippen LogP contribution in [0.1, 0.15) is 18.3 Å². The first-order valence-corrected chi connectivity index (χ1v) is 10.1. The Bertz CT molecular complexity index is 1140. The van der Waals surface area contributed by atoms with Crippen molar-refractivity contribution in [3.8, 4) is 5.75 Å². The summed E-state index contributed by atoms with van der Waals surface area (Å²) >= 11 is 0. The van der Waals surface area contributed by atoms with Crippen molar-refractivity contribution in [3.63, 3.8) is 0 Å². The smallest absolute Gasteiger partial charge is 0.275 e. The molecule has 0 aliphatic rings. The van der Waals surface area contributed by atoms with E-state index in [0.717, 1.165) is 10.8 Å². The van der Waals surface area contributed by atoms with E-state index in [1.54, 1.807) is 33.9 Å². The van der Waals surface area contributed by atoms with Crippen molar-refractivity contribution in [1.29, 1.82) is 0 Å². The molecular formula is C19H22N4O4S. The SMILES string of the molecule is Cc1nn(C)c(C)c1S(=O)(=O)NNC(=O)[C@H](C)Oc1ccc2ccccc2c1. The van der Waals surface area contributed by atoms with Crippen LogP contribution in [0.4, 0.5) is 0 Å². The number of hydrazine groups is 1. The third kappa shape index (κ3) is 4.00. The van der Waals surface area contributed by atoms with Gasteiger partial charge in [0.05, 0.1) is 11.4 Å². The summed E-state index contributed by atoms with van der Waals surface area (Å²) in [5, 5.41) is 6.12. The Hall–Kier alpha value is -2.91. The van der Waals surface area contributed by atoms with Gasteiger partial charge in [0.25, 0.3) is 15.9 Å². The zero-order chi connectivity index (χ0) is 20.5. The van der Waals surface area contributed by atoms with E-state index in [1.807, 2.05) is 36.4 Å². The lowest BCUT2D eigenvalue weighted by molar-refractivity contribution is -0.127. The largest absolute Gasteiger partial charge is 0.481 e. The summed E-state index contributed by atoms with van der Waals surface area (Å²) in [6.45, 7) is 4.77. The molecule has 0 fully saturated rings. The number of nitrogens with zero attached hydrogens (tertiary/aromatic N) is 2. The molecule has 1 amide bonds.